The minimum absolute atomic E-state index is 0.0195. The topological polar surface area (TPSA) is 81.0 Å². The summed E-state index contributed by atoms with van der Waals surface area (Å²) in [5.74, 6) is -0.976. The van der Waals surface area contributed by atoms with E-state index in [0.29, 0.717) is 17.0 Å². The summed E-state index contributed by atoms with van der Waals surface area (Å²) in [7, 11) is 0. The summed E-state index contributed by atoms with van der Waals surface area (Å²) >= 11 is 6.40. The highest BCUT2D eigenvalue weighted by atomic mass is 35.5. The molecule has 2 aliphatic heterocycles. The number of hydrogen-bond acceptors (Lipinski definition) is 5. The lowest BCUT2D eigenvalue weighted by molar-refractivity contribution is -0.324. The van der Waals surface area contributed by atoms with Crippen LogP contribution in [0.1, 0.15) is 55.1 Å². The van der Waals surface area contributed by atoms with E-state index in [2.05, 4.69) is 4.74 Å². The molecule has 1 aromatic carbocycles. The summed E-state index contributed by atoms with van der Waals surface area (Å²) in [4.78, 5) is 24.0. The molecule has 1 N–H and O–H groups in total. The smallest absolute Gasteiger partial charge is 0.492 e. The van der Waals surface area contributed by atoms with Crippen LogP contribution in [0.5, 0.6) is 5.75 Å². The number of aromatic carboxylic acids is 1. The van der Waals surface area contributed by atoms with Crippen molar-refractivity contribution in [1.82, 2.24) is 4.68 Å². The van der Waals surface area contributed by atoms with E-state index in [1.807, 2.05) is 18.9 Å². The highest BCUT2D eigenvalue weighted by Crippen LogP contribution is 2.49. The molecule has 1 fully saturated rings. The molecule has 1 aromatic heterocycles. The third kappa shape index (κ3) is 4.41. The Kier molecular flexibility index (Phi) is 5.86. The van der Waals surface area contributed by atoms with Gasteiger partial charge in [0.2, 0.25) is 0 Å². The Balaban J connectivity index is 1.71. The van der Waals surface area contributed by atoms with E-state index in [0.717, 1.165) is 18.4 Å². The molecule has 4 rings (SSSR count). The molecule has 7 nitrogen and oxygen atoms in total. The highest BCUT2D eigenvalue weighted by molar-refractivity contribution is 6.32. The maximum absolute atomic E-state index is 12.5. The Morgan fingerprint density at radius 3 is 2.67 bits per heavy atom. The number of carboxylic acids is 1. The van der Waals surface area contributed by atoms with E-state index in [1.54, 1.807) is 16.8 Å². The van der Waals surface area contributed by atoms with E-state index in [1.165, 1.54) is 12.3 Å². The number of carboxylic acid groups (broad SMARTS) is 1. The zero-order valence-corrected chi connectivity index (χ0v) is 18.7. The number of carbonyl (C=O) groups is 1. The first kappa shape index (κ1) is 23.4. The van der Waals surface area contributed by atoms with Gasteiger partial charge in [0.05, 0.1) is 35.5 Å². The van der Waals surface area contributed by atoms with Crippen LogP contribution in [0, 0.1) is 0 Å². The second-order valence-corrected chi connectivity index (χ2v) is 9.07. The van der Waals surface area contributed by atoms with Crippen LogP contribution in [-0.4, -0.2) is 40.9 Å². The van der Waals surface area contributed by atoms with E-state index in [9.17, 15) is 27.9 Å². The minimum atomic E-state index is -4.69. The van der Waals surface area contributed by atoms with Crippen molar-refractivity contribution in [2.24, 2.45) is 0 Å². The molecule has 0 aliphatic carbocycles. The molecule has 2 aliphatic rings. The Bertz CT molecular complexity index is 1160. The van der Waals surface area contributed by atoms with Crippen LogP contribution in [0.2, 0.25) is 5.02 Å². The number of hydrogen-bond donors (Lipinski definition) is 1. The van der Waals surface area contributed by atoms with Crippen molar-refractivity contribution in [3.63, 3.8) is 0 Å². The molecule has 3 heterocycles. The summed E-state index contributed by atoms with van der Waals surface area (Å²) in [6.07, 6.45) is -1.73. The standard InChI is InChI=1S/C22H22ClF3N2O5/c1-21(2)5-4-16-13-9-19(32-6-3-7-33-22(24,25)26)15(23)8-12(13)17-10-18(29)14(20(30)31)11-27(17)28(16)21/h8-11,16H,3-7H2,1-2H3,(H,30,31)/t16-/m1/s1. The summed E-state index contributed by atoms with van der Waals surface area (Å²) < 4.78 is 47.5. The van der Waals surface area contributed by atoms with Crippen LogP contribution in [-0.2, 0) is 4.74 Å². The maximum Gasteiger partial charge on any atom is 0.522 e. The molecule has 0 saturated carbocycles. The Morgan fingerprint density at radius 1 is 1.27 bits per heavy atom. The van der Waals surface area contributed by atoms with Gasteiger partial charge in [-0.05, 0) is 44.4 Å². The first-order valence-electron chi connectivity index (χ1n) is 10.4. The SMILES string of the molecule is CC1(C)CC[C@@H]2c3cc(OCCCOC(F)(F)F)c(Cl)cc3-c3cc(=O)c(C(=O)O)cn3N21. The zero-order chi connectivity index (χ0) is 24.1. The van der Waals surface area contributed by atoms with Crippen molar-refractivity contribution in [2.75, 3.05) is 18.2 Å². The monoisotopic (exact) mass is 486 g/mol. The van der Waals surface area contributed by atoms with Gasteiger partial charge in [0.1, 0.15) is 11.3 Å². The van der Waals surface area contributed by atoms with Gasteiger partial charge in [-0.25, -0.2) is 4.79 Å². The average Bonchev–Trinajstić information content (AvgIpc) is 3.02. The molecule has 11 heteroatoms. The lowest BCUT2D eigenvalue weighted by atomic mass is 9.94. The van der Waals surface area contributed by atoms with Crippen molar-refractivity contribution >= 4 is 17.6 Å². The fourth-order valence-electron chi connectivity index (χ4n) is 4.55. The number of benzene rings is 1. The van der Waals surface area contributed by atoms with E-state index in [-0.39, 0.29) is 35.2 Å². The molecule has 0 amide bonds. The van der Waals surface area contributed by atoms with Gasteiger partial charge < -0.3 is 9.84 Å². The Morgan fingerprint density at radius 2 is 2.00 bits per heavy atom. The molecule has 2 aromatic rings. The molecule has 33 heavy (non-hydrogen) atoms. The molecule has 1 atom stereocenters. The molecule has 0 spiro atoms. The summed E-state index contributed by atoms with van der Waals surface area (Å²) in [6.45, 7) is 3.52. The highest BCUT2D eigenvalue weighted by Gasteiger charge is 2.45. The summed E-state index contributed by atoms with van der Waals surface area (Å²) in [5.41, 5.74) is 0.789. The summed E-state index contributed by atoms with van der Waals surface area (Å²) in [5, 5.41) is 11.7. The molecule has 0 radical (unpaired) electrons. The lowest BCUT2D eigenvalue weighted by Gasteiger charge is -2.44. The summed E-state index contributed by atoms with van der Waals surface area (Å²) in [6, 6.07) is 4.56. The van der Waals surface area contributed by atoms with Crippen molar-refractivity contribution in [3.05, 3.63) is 50.8 Å². The predicted molar refractivity (Wildman–Crippen MR) is 114 cm³/mol. The van der Waals surface area contributed by atoms with Crippen LogP contribution in [0.4, 0.5) is 13.2 Å². The largest absolute Gasteiger partial charge is 0.522 e. The first-order chi connectivity index (χ1) is 15.4. The van der Waals surface area contributed by atoms with Crippen LogP contribution >= 0.6 is 11.6 Å². The van der Waals surface area contributed by atoms with Gasteiger partial charge in [0, 0.05) is 24.2 Å². The second kappa shape index (κ2) is 8.25. The number of pyridine rings is 1. The van der Waals surface area contributed by atoms with Gasteiger partial charge in [-0.1, -0.05) is 11.6 Å². The van der Waals surface area contributed by atoms with Gasteiger partial charge in [-0.3, -0.25) is 19.2 Å². The normalized spacial score (nSPS) is 18.5. The van der Waals surface area contributed by atoms with Gasteiger partial charge in [0.15, 0.2) is 5.43 Å². The molecular formula is C22H22ClF3N2O5. The molecule has 0 bridgehead atoms. The fraction of sp³-hybridized carbons (Fsp3) is 0.455. The average molecular weight is 487 g/mol. The van der Waals surface area contributed by atoms with Gasteiger partial charge in [-0.2, -0.15) is 0 Å². The molecule has 1 saturated heterocycles. The Hall–Kier alpha value is -2.72. The van der Waals surface area contributed by atoms with Crippen molar-refractivity contribution < 1.29 is 32.5 Å². The van der Waals surface area contributed by atoms with E-state index >= 15 is 0 Å². The maximum atomic E-state index is 12.5. The third-order valence-corrected chi connectivity index (χ3v) is 6.29. The Labute approximate surface area is 192 Å². The third-order valence-electron chi connectivity index (χ3n) is 5.99. The van der Waals surface area contributed by atoms with Crippen molar-refractivity contribution in [2.45, 2.75) is 51.1 Å². The van der Waals surface area contributed by atoms with Gasteiger partial charge in [-0.15, -0.1) is 13.2 Å². The van der Waals surface area contributed by atoms with Crippen molar-refractivity contribution in [3.8, 4) is 17.0 Å². The number of halogens is 4. The van der Waals surface area contributed by atoms with Gasteiger partial charge in [0.25, 0.3) is 0 Å². The number of rotatable bonds is 6. The predicted octanol–water partition coefficient (Wildman–Crippen LogP) is 4.74. The number of ether oxygens (including phenoxy) is 2. The number of fused-ring (bicyclic) bond motifs is 6. The minimum Gasteiger partial charge on any atom is -0.492 e. The lowest BCUT2D eigenvalue weighted by Crippen LogP contribution is -2.50. The van der Waals surface area contributed by atoms with Crippen LogP contribution in [0.3, 0.4) is 0 Å². The van der Waals surface area contributed by atoms with Gasteiger partial charge >= 0.3 is 12.3 Å². The second-order valence-electron chi connectivity index (χ2n) is 8.66. The molecule has 178 valence electrons. The quantitative estimate of drug-likeness (QED) is 0.594. The van der Waals surface area contributed by atoms with E-state index < -0.39 is 24.4 Å². The van der Waals surface area contributed by atoms with E-state index in [4.69, 9.17) is 16.3 Å². The van der Waals surface area contributed by atoms with Crippen LogP contribution in [0.25, 0.3) is 11.3 Å². The fourth-order valence-corrected chi connectivity index (χ4v) is 4.77. The molecule has 0 unspecified atom stereocenters. The van der Waals surface area contributed by atoms with Crippen molar-refractivity contribution in [1.29, 1.82) is 0 Å². The number of aromatic nitrogens is 1. The number of nitrogens with zero attached hydrogens (tertiary/aromatic N) is 2. The zero-order valence-electron chi connectivity index (χ0n) is 17.9. The number of alkyl halides is 3. The first-order valence-corrected chi connectivity index (χ1v) is 10.7. The van der Waals surface area contributed by atoms with Crippen LogP contribution in [0.15, 0.2) is 29.2 Å². The molecular weight excluding hydrogens is 465 g/mol. The van der Waals surface area contributed by atoms with Crippen LogP contribution < -0.4 is 15.2 Å².